The van der Waals surface area contributed by atoms with Crippen LogP contribution in [-0.2, 0) is 9.53 Å². The topological polar surface area (TPSA) is 43.4 Å². The normalized spacial score (nSPS) is 12.8. The highest BCUT2D eigenvalue weighted by Gasteiger charge is 2.40. The van der Waals surface area contributed by atoms with Crippen LogP contribution in [0.4, 0.5) is 13.2 Å². The Kier molecular flexibility index (Phi) is 5.56. The Bertz CT molecular complexity index is 500. The lowest BCUT2D eigenvalue weighted by molar-refractivity contribution is -0.163. The Morgan fingerprint density at radius 1 is 1.35 bits per heavy atom. The molecule has 20 heavy (non-hydrogen) atoms. The van der Waals surface area contributed by atoms with Gasteiger partial charge in [-0.05, 0) is 19.1 Å². The van der Waals surface area contributed by atoms with E-state index in [2.05, 4.69) is 4.74 Å². The van der Waals surface area contributed by atoms with Crippen molar-refractivity contribution in [3.05, 3.63) is 34.9 Å². The molecule has 0 spiro atoms. The van der Waals surface area contributed by atoms with Crippen LogP contribution in [-0.4, -0.2) is 24.5 Å². The molecule has 1 atom stereocenters. The summed E-state index contributed by atoms with van der Waals surface area (Å²) in [5.74, 6) is -4.05. The van der Waals surface area contributed by atoms with Crippen LogP contribution in [0.5, 0.6) is 0 Å². The fourth-order valence-electron chi connectivity index (χ4n) is 1.60. The van der Waals surface area contributed by atoms with E-state index in [0.717, 1.165) is 0 Å². The quantitative estimate of drug-likeness (QED) is 0.474. The van der Waals surface area contributed by atoms with Crippen LogP contribution >= 0.6 is 11.6 Å². The van der Waals surface area contributed by atoms with E-state index in [1.807, 2.05) is 0 Å². The number of benzene rings is 1. The van der Waals surface area contributed by atoms with Gasteiger partial charge in [-0.3, -0.25) is 9.59 Å². The first kappa shape index (κ1) is 16.5. The van der Waals surface area contributed by atoms with Crippen molar-refractivity contribution in [1.82, 2.24) is 0 Å². The number of esters is 1. The van der Waals surface area contributed by atoms with Crippen LogP contribution in [0.1, 0.15) is 23.7 Å². The molecule has 1 rings (SSSR count). The van der Waals surface area contributed by atoms with Crippen LogP contribution in [0, 0.1) is 5.92 Å². The summed E-state index contributed by atoms with van der Waals surface area (Å²) in [5, 5.41) is 0.200. The molecule has 0 aliphatic heterocycles. The molecule has 0 aliphatic rings. The van der Waals surface area contributed by atoms with Crippen molar-refractivity contribution in [2.75, 3.05) is 6.61 Å². The molecule has 0 fully saturated rings. The van der Waals surface area contributed by atoms with E-state index < -0.39 is 30.3 Å². The minimum Gasteiger partial charge on any atom is -0.465 e. The highest BCUT2D eigenvalue weighted by molar-refractivity contribution is 6.31. The second-order valence-electron chi connectivity index (χ2n) is 4.00. The number of carbonyl (C=O) groups excluding carboxylic acids is 2. The van der Waals surface area contributed by atoms with Gasteiger partial charge < -0.3 is 4.74 Å². The lowest BCUT2D eigenvalue weighted by Gasteiger charge is -2.16. The van der Waals surface area contributed by atoms with Gasteiger partial charge in [0.05, 0.1) is 13.0 Å². The van der Waals surface area contributed by atoms with Crippen LogP contribution in [0.15, 0.2) is 24.3 Å². The summed E-state index contributed by atoms with van der Waals surface area (Å²) in [5.41, 5.74) is -0.0557. The Balaban J connectivity index is 3.03. The first-order valence-electron chi connectivity index (χ1n) is 5.77. The minimum atomic E-state index is -4.65. The maximum Gasteiger partial charge on any atom is 0.390 e. The monoisotopic (exact) mass is 308 g/mol. The van der Waals surface area contributed by atoms with Crippen LogP contribution in [0.2, 0.25) is 5.02 Å². The van der Waals surface area contributed by atoms with Crippen LogP contribution < -0.4 is 0 Å². The van der Waals surface area contributed by atoms with Crippen molar-refractivity contribution in [3.8, 4) is 0 Å². The lowest BCUT2D eigenvalue weighted by atomic mass is 9.94. The zero-order chi connectivity index (χ0) is 15.3. The summed E-state index contributed by atoms with van der Waals surface area (Å²) < 4.78 is 42.0. The summed E-state index contributed by atoms with van der Waals surface area (Å²) >= 11 is 5.68. The number of hydrogen-bond donors (Lipinski definition) is 0. The van der Waals surface area contributed by atoms with Gasteiger partial charge in [0.25, 0.3) is 0 Å². The fraction of sp³-hybridized carbons (Fsp3) is 0.385. The smallest absolute Gasteiger partial charge is 0.390 e. The third-order valence-electron chi connectivity index (χ3n) is 2.43. The summed E-state index contributed by atoms with van der Waals surface area (Å²) in [4.78, 5) is 23.6. The first-order valence-corrected chi connectivity index (χ1v) is 6.15. The molecule has 1 unspecified atom stereocenters. The molecule has 1 aromatic rings. The number of rotatable bonds is 5. The molecule has 3 nitrogen and oxygen atoms in total. The van der Waals surface area contributed by atoms with Crippen molar-refractivity contribution in [3.63, 3.8) is 0 Å². The maximum atomic E-state index is 12.5. The second-order valence-corrected chi connectivity index (χ2v) is 4.43. The summed E-state index contributed by atoms with van der Waals surface area (Å²) in [6.07, 6.45) is -6.21. The molecule has 0 aromatic heterocycles. The zero-order valence-corrected chi connectivity index (χ0v) is 11.3. The molecule has 0 radical (unpaired) electrons. The van der Waals surface area contributed by atoms with Gasteiger partial charge in [-0.25, -0.2) is 0 Å². The number of hydrogen-bond acceptors (Lipinski definition) is 3. The Labute approximate surface area is 118 Å². The van der Waals surface area contributed by atoms with Gasteiger partial charge in [0, 0.05) is 10.6 Å². The number of ketones is 1. The molecule has 0 N–H and O–H groups in total. The van der Waals surface area contributed by atoms with Gasteiger partial charge in [0.1, 0.15) is 5.92 Å². The van der Waals surface area contributed by atoms with E-state index in [0.29, 0.717) is 0 Å². The van der Waals surface area contributed by atoms with Crippen molar-refractivity contribution in [2.45, 2.75) is 19.5 Å². The van der Waals surface area contributed by atoms with Gasteiger partial charge in [0.15, 0.2) is 5.78 Å². The van der Waals surface area contributed by atoms with Crippen molar-refractivity contribution < 1.29 is 27.5 Å². The van der Waals surface area contributed by atoms with Crippen molar-refractivity contribution in [2.24, 2.45) is 5.92 Å². The van der Waals surface area contributed by atoms with Gasteiger partial charge in [-0.1, -0.05) is 23.7 Å². The molecule has 0 aliphatic carbocycles. The Morgan fingerprint density at radius 2 is 2.00 bits per heavy atom. The summed E-state index contributed by atoms with van der Waals surface area (Å²) in [6.45, 7) is 1.35. The number of Topliss-reactive ketones (excluding diaryl/α,β-unsaturated/α-hetero) is 1. The van der Waals surface area contributed by atoms with Crippen LogP contribution in [0.25, 0.3) is 0 Å². The predicted octanol–water partition coefficient (Wildman–Crippen LogP) is 3.65. The minimum absolute atomic E-state index is 0.0557. The standard InChI is InChI=1S/C13H12ClF3O3/c1-2-20-12(19)10(7-13(15,16)17)11(18)8-4-3-5-9(14)6-8/h3-6,10H,2,7H2,1H3. The van der Waals surface area contributed by atoms with Gasteiger partial charge in [0.2, 0.25) is 0 Å². The van der Waals surface area contributed by atoms with E-state index >= 15 is 0 Å². The average molecular weight is 309 g/mol. The zero-order valence-electron chi connectivity index (χ0n) is 10.5. The van der Waals surface area contributed by atoms with E-state index in [-0.39, 0.29) is 17.2 Å². The average Bonchev–Trinajstić information content (AvgIpc) is 2.34. The van der Waals surface area contributed by atoms with E-state index in [1.54, 1.807) is 0 Å². The Hall–Kier alpha value is -1.56. The van der Waals surface area contributed by atoms with Crippen molar-refractivity contribution in [1.29, 1.82) is 0 Å². The molecule has 0 amide bonds. The van der Waals surface area contributed by atoms with E-state index in [9.17, 15) is 22.8 Å². The maximum absolute atomic E-state index is 12.5. The van der Waals surface area contributed by atoms with E-state index in [1.165, 1.54) is 31.2 Å². The van der Waals surface area contributed by atoms with E-state index in [4.69, 9.17) is 11.6 Å². The molecule has 7 heteroatoms. The number of alkyl halides is 3. The second kappa shape index (κ2) is 6.74. The largest absolute Gasteiger partial charge is 0.465 e. The lowest BCUT2D eigenvalue weighted by Crippen LogP contribution is -2.31. The highest BCUT2D eigenvalue weighted by atomic mass is 35.5. The number of halogens is 4. The van der Waals surface area contributed by atoms with Gasteiger partial charge in [-0.15, -0.1) is 0 Å². The van der Waals surface area contributed by atoms with Crippen LogP contribution in [0.3, 0.4) is 0 Å². The molecule has 0 heterocycles. The molecule has 110 valence electrons. The molecular weight excluding hydrogens is 297 g/mol. The molecule has 0 saturated heterocycles. The molecule has 1 aromatic carbocycles. The first-order chi connectivity index (χ1) is 9.24. The van der Waals surface area contributed by atoms with Gasteiger partial charge in [-0.2, -0.15) is 13.2 Å². The molecule has 0 saturated carbocycles. The highest BCUT2D eigenvalue weighted by Crippen LogP contribution is 2.28. The fourth-order valence-corrected chi connectivity index (χ4v) is 1.79. The SMILES string of the molecule is CCOC(=O)C(CC(F)(F)F)C(=O)c1cccc(Cl)c1. The molecule has 0 bridgehead atoms. The predicted molar refractivity (Wildman–Crippen MR) is 66.6 cm³/mol. The molecular formula is C13H12ClF3O3. The number of ether oxygens (including phenoxy) is 1. The summed E-state index contributed by atoms with van der Waals surface area (Å²) in [7, 11) is 0. The Morgan fingerprint density at radius 3 is 2.50 bits per heavy atom. The van der Waals surface area contributed by atoms with Crippen molar-refractivity contribution >= 4 is 23.4 Å². The summed E-state index contributed by atoms with van der Waals surface area (Å²) in [6, 6.07) is 5.41. The van der Waals surface area contributed by atoms with Gasteiger partial charge >= 0.3 is 12.1 Å². The number of carbonyl (C=O) groups is 2. The third-order valence-corrected chi connectivity index (χ3v) is 2.67. The third kappa shape index (κ3) is 4.85.